The number of benzene rings is 2. The highest BCUT2D eigenvalue weighted by atomic mass is 35.5. The normalized spacial score (nSPS) is 19.4. The van der Waals surface area contributed by atoms with Crippen molar-refractivity contribution in [2.75, 3.05) is 0 Å². The molecule has 1 aliphatic carbocycles. The number of hydroxylamine groups is 2. The Morgan fingerprint density at radius 1 is 1.22 bits per heavy atom. The highest BCUT2D eigenvalue weighted by Gasteiger charge is 2.26. The van der Waals surface area contributed by atoms with Crippen LogP contribution in [0.2, 0.25) is 5.02 Å². The van der Waals surface area contributed by atoms with Gasteiger partial charge in [0.15, 0.2) is 0 Å². The zero-order valence-corrected chi connectivity index (χ0v) is 15.5. The summed E-state index contributed by atoms with van der Waals surface area (Å²) in [6, 6.07) is 13.9. The molecule has 0 heterocycles. The van der Waals surface area contributed by atoms with Crippen LogP contribution in [0, 0.1) is 11.2 Å². The van der Waals surface area contributed by atoms with Gasteiger partial charge in [0.2, 0.25) is 5.96 Å². The molecule has 0 spiro atoms. The van der Waals surface area contributed by atoms with E-state index in [2.05, 4.69) is 10.3 Å². The van der Waals surface area contributed by atoms with Gasteiger partial charge in [0.25, 0.3) is 0 Å². The van der Waals surface area contributed by atoms with Gasteiger partial charge in [0, 0.05) is 11.1 Å². The second-order valence-electron chi connectivity index (χ2n) is 6.72. The Balaban J connectivity index is 1.45. The molecule has 0 aromatic heterocycles. The number of guanidine groups is 1. The summed E-state index contributed by atoms with van der Waals surface area (Å²) in [5, 5.41) is 22.5. The Morgan fingerprint density at radius 2 is 1.93 bits per heavy atom. The lowest BCUT2D eigenvalue weighted by Gasteiger charge is -2.14. The van der Waals surface area contributed by atoms with Crippen LogP contribution in [0.25, 0.3) is 0 Å². The molecule has 2 aromatic carbocycles. The summed E-state index contributed by atoms with van der Waals surface area (Å²) >= 11 is 5.83. The van der Waals surface area contributed by atoms with E-state index in [4.69, 9.17) is 17.0 Å². The molecule has 2 unspecified atom stereocenters. The van der Waals surface area contributed by atoms with Crippen LogP contribution in [0.5, 0.6) is 0 Å². The number of hydrogen-bond acceptors (Lipinski definition) is 2. The molecule has 0 radical (unpaired) electrons. The van der Waals surface area contributed by atoms with Gasteiger partial charge >= 0.3 is 0 Å². The van der Waals surface area contributed by atoms with Crippen LogP contribution in [0.15, 0.2) is 53.5 Å². The molecule has 1 fully saturated rings. The third kappa shape index (κ3) is 5.77. The number of halogens is 2. The van der Waals surface area contributed by atoms with Crippen LogP contribution in [-0.4, -0.2) is 28.6 Å². The van der Waals surface area contributed by atoms with Gasteiger partial charge in [0.1, 0.15) is 12.2 Å². The summed E-state index contributed by atoms with van der Waals surface area (Å²) in [5.41, 5.74) is 2.01. The van der Waals surface area contributed by atoms with Crippen molar-refractivity contribution in [2.24, 2.45) is 4.99 Å². The van der Waals surface area contributed by atoms with Crippen molar-refractivity contribution in [2.45, 2.75) is 37.8 Å². The Labute approximate surface area is 163 Å². The molecular formula is C20H22ClFN4O. The molecule has 0 amide bonds. The molecule has 1 aliphatic rings. The molecule has 3 N–H and O–H groups in total. The number of hydrogen-bond donors (Lipinski definition) is 3. The van der Waals surface area contributed by atoms with Gasteiger partial charge in [-0.05, 0) is 60.6 Å². The van der Waals surface area contributed by atoms with E-state index in [0.717, 1.165) is 35.5 Å². The first-order chi connectivity index (χ1) is 13.0. The van der Waals surface area contributed by atoms with Crippen LogP contribution in [-0.2, 0) is 6.54 Å². The lowest BCUT2D eigenvalue weighted by molar-refractivity contribution is -0.0164. The summed E-state index contributed by atoms with van der Waals surface area (Å²) < 4.78 is 13.0. The van der Waals surface area contributed by atoms with Gasteiger partial charge in [-0.25, -0.2) is 14.4 Å². The highest BCUT2D eigenvalue weighted by molar-refractivity contribution is 6.30. The van der Waals surface area contributed by atoms with Crippen molar-refractivity contribution in [1.29, 1.82) is 5.41 Å². The van der Waals surface area contributed by atoms with E-state index in [1.165, 1.54) is 18.5 Å². The average Bonchev–Trinajstić information content (AvgIpc) is 3.11. The van der Waals surface area contributed by atoms with Gasteiger partial charge in [-0.3, -0.25) is 10.6 Å². The summed E-state index contributed by atoms with van der Waals surface area (Å²) in [6.07, 6.45) is 4.00. The van der Waals surface area contributed by atoms with Crippen LogP contribution in [0.3, 0.4) is 0 Å². The topological polar surface area (TPSA) is 71.7 Å². The largest absolute Gasteiger partial charge is 0.352 e. The first-order valence-electron chi connectivity index (χ1n) is 8.84. The lowest BCUT2D eigenvalue weighted by atomic mass is 9.97. The maximum atomic E-state index is 13.0. The Kier molecular flexibility index (Phi) is 6.42. The van der Waals surface area contributed by atoms with Gasteiger partial charge in [0.05, 0.1) is 6.54 Å². The summed E-state index contributed by atoms with van der Waals surface area (Å²) in [4.78, 5) is 3.96. The van der Waals surface area contributed by atoms with E-state index in [-0.39, 0.29) is 24.4 Å². The standard InChI is InChI=1S/C20H22ClFN4O/c21-17-6-1-14(2-7-17)12-26(27)13-24-20(23)25-19-10-5-16(11-19)15-3-8-18(22)9-4-15/h1-4,6-9,13,16,19,27H,5,10-12H2,(H2,23,25)/b24-13-. The van der Waals surface area contributed by atoms with Gasteiger partial charge in [-0.2, -0.15) is 0 Å². The molecule has 7 heteroatoms. The third-order valence-corrected chi connectivity index (χ3v) is 4.94. The fourth-order valence-electron chi connectivity index (χ4n) is 3.32. The van der Waals surface area contributed by atoms with Crippen molar-refractivity contribution in [3.63, 3.8) is 0 Å². The van der Waals surface area contributed by atoms with Crippen molar-refractivity contribution in [1.82, 2.24) is 10.4 Å². The van der Waals surface area contributed by atoms with E-state index in [1.54, 1.807) is 12.1 Å². The van der Waals surface area contributed by atoms with Crippen molar-refractivity contribution < 1.29 is 9.60 Å². The molecule has 2 aromatic rings. The Bertz CT molecular complexity index is 795. The van der Waals surface area contributed by atoms with Crippen LogP contribution in [0.1, 0.15) is 36.3 Å². The number of rotatable bonds is 5. The molecule has 5 nitrogen and oxygen atoms in total. The molecule has 3 rings (SSSR count). The SMILES string of the molecule is N=C(/N=C\N(O)Cc1ccc(Cl)cc1)NC1CCC(c2ccc(F)cc2)C1. The summed E-state index contributed by atoms with van der Waals surface area (Å²) in [6.45, 7) is 0.254. The monoisotopic (exact) mass is 388 g/mol. The van der Waals surface area contributed by atoms with Crippen molar-refractivity contribution in [3.05, 3.63) is 70.5 Å². The van der Waals surface area contributed by atoms with E-state index >= 15 is 0 Å². The minimum atomic E-state index is -0.227. The van der Waals surface area contributed by atoms with Crippen LogP contribution >= 0.6 is 11.6 Å². The number of aliphatic imine (C=N–C) groups is 1. The van der Waals surface area contributed by atoms with E-state index < -0.39 is 0 Å². The first-order valence-corrected chi connectivity index (χ1v) is 9.22. The second-order valence-corrected chi connectivity index (χ2v) is 7.16. The fraction of sp³-hybridized carbons (Fsp3) is 0.300. The maximum Gasteiger partial charge on any atom is 0.216 e. The van der Waals surface area contributed by atoms with Crippen LogP contribution in [0.4, 0.5) is 4.39 Å². The molecule has 2 atom stereocenters. The molecule has 0 aliphatic heterocycles. The van der Waals surface area contributed by atoms with E-state index in [9.17, 15) is 9.60 Å². The quantitative estimate of drug-likeness (QED) is 0.399. The van der Waals surface area contributed by atoms with Crippen molar-refractivity contribution in [3.8, 4) is 0 Å². The Hall–Kier alpha value is -2.44. The third-order valence-electron chi connectivity index (χ3n) is 4.69. The summed E-state index contributed by atoms with van der Waals surface area (Å²) in [5.74, 6) is 0.142. The van der Waals surface area contributed by atoms with Gasteiger partial charge < -0.3 is 5.32 Å². The van der Waals surface area contributed by atoms with Crippen LogP contribution < -0.4 is 5.32 Å². The zero-order chi connectivity index (χ0) is 19.2. The Morgan fingerprint density at radius 3 is 2.63 bits per heavy atom. The van der Waals surface area contributed by atoms with Crippen molar-refractivity contribution >= 4 is 23.9 Å². The molecule has 0 bridgehead atoms. The predicted octanol–water partition coefficient (Wildman–Crippen LogP) is 4.56. The molecule has 1 saturated carbocycles. The second kappa shape index (κ2) is 8.97. The number of nitrogens with zero attached hydrogens (tertiary/aromatic N) is 2. The molecule has 142 valence electrons. The maximum absolute atomic E-state index is 13.0. The lowest BCUT2D eigenvalue weighted by Crippen LogP contribution is -2.32. The number of nitrogens with one attached hydrogen (secondary N) is 2. The first kappa shape index (κ1) is 19.3. The predicted molar refractivity (Wildman–Crippen MR) is 105 cm³/mol. The highest BCUT2D eigenvalue weighted by Crippen LogP contribution is 2.34. The molecular weight excluding hydrogens is 367 g/mol. The van der Waals surface area contributed by atoms with Gasteiger partial charge in [-0.15, -0.1) is 0 Å². The minimum Gasteiger partial charge on any atom is -0.352 e. The smallest absolute Gasteiger partial charge is 0.216 e. The van der Waals surface area contributed by atoms with E-state index in [0.29, 0.717) is 10.9 Å². The fourth-order valence-corrected chi connectivity index (χ4v) is 3.45. The molecule has 0 saturated heterocycles. The van der Waals surface area contributed by atoms with Gasteiger partial charge in [-0.1, -0.05) is 35.9 Å². The minimum absolute atomic E-state index is 0.00918. The zero-order valence-electron chi connectivity index (χ0n) is 14.8. The average molecular weight is 389 g/mol. The summed E-state index contributed by atoms with van der Waals surface area (Å²) in [7, 11) is 0. The molecule has 27 heavy (non-hydrogen) atoms. The van der Waals surface area contributed by atoms with E-state index in [1.807, 2.05) is 24.3 Å².